The molecule has 118 valence electrons. The van der Waals surface area contributed by atoms with E-state index in [-0.39, 0.29) is 5.97 Å². The van der Waals surface area contributed by atoms with Crippen LogP contribution in [0.5, 0.6) is 0 Å². The number of hydrogen-bond acceptors (Lipinski definition) is 4. The van der Waals surface area contributed by atoms with E-state index in [0.29, 0.717) is 5.25 Å². The van der Waals surface area contributed by atoms with Gasteiger partial charge in [0.15, 0.2) is 0 Å². The minimum atomic E-state index is -0.625. The zero-order valence-corrected chi connectivity index (χ0v) is 14.5. The lowest BCUT2D eigenvalue weighted by Crippen LogP contribution is -2.51. The monoisotopic (exact) mass is 309 g/mol. The van der Waals surface area contributed by atoms with Gasteiger partial charge in [-0.05, 0) is 44.9 Å². The predicted molar refractivity (Wildman–Crippen MR) is 89.8 cm³/mol. The molecule has 0 amide bonds. The van der Waals surface area contributed by atoms with Crippen molar-refractivity contribution in [2.75, 3.05) is 13.7 Å². The predicted octanol–water partition coefficient (Wildman–Crippen LogP) is 3.80. The van der Waals surface area contributed by atoms with Crippen molar-refractivity contribution >= 4 is 17.7 Å². The van der Waals surface area contributed by atoms with E-state index in [1.807, 2.05) is 24.8 Å². The van der Waals surface area contributed by atoms with Crippen molar-refractivity contribution in [1.82, 2.24) is 5.32 Å². The van der Waals surface area contributed by atoms with Crippen LogP contribution in [0.3, 0.4) is 0 Å². The van der Waals surface area contributed by atoms with E-state index in [0.717, 1.165) is 19.4 Å². The van der Waals surface area contributed by atoms with Gasteiger partial charge in [0.1, 0.15) is 5.54 Å². The Labute approximate surface area is 132 Å². The number of thioether (sulfide) groups is 1. The number of methoxy groups -OCH3 is 1. The highest BCUT2D eigenvalue weighted by Crippen LogP contribution is 2.31. The van der Waals surface area contributed by atoms with E-state index < -0.39 is 5.54 Å². The van der Waals surface area contributed by atoms with Gasteiger partial charge in [-0.1, -0.05) is 32.0 Å². The van der Waals surface area contributed by atoms with E-state index in [2.05, 4.69) is 44.3 Å². The zero-order valence-electron chi connectivity index (χ0n) is 13.7. The van der Waals surface area contributed by atoms with Gasteiger partial charge < -0.3 is 10.1 Å². The first kappa shape index (κ1) is 18.1. The molecule has 0 bridgehead atoms. The number of rotatable bonds is 8. The second-order valence-corrected chi connectivity index (χ2v) is 7.13. The minimum Gasteiger partial charge on any atom is -0.468 e. The lowest BCUT2D eigenvalue weighted by Gasteiger charge is -2.30. The van der Waals surface area contributed by atoms with Crippen LogP contribution in [-0.4, -0.2) is 30.4 Å². The molecule has 1 rings (SSSR count). The summed E-state index contributed by atoms with van der Waals surface area (Å²) in [5.74, 6) is -0.187. The van der Waals surface area contributed by atoms with Crippen LogP contribution in [-0.2, 0) is 9.53 Å². The first-order chi connectivity index (χ1) is 9.92. The fraction of sp³-hybridized carbons (Fsp3) is 0.588. The Morgan fingerprint density at radius 1 is 1.43 bits per heavy atom. The van der Waals surface area contributed by atoms with Gasteiger partial charge in [-0.25, -0.2) is 0 Å². The molecule has 1 N–H and O–H groups in total. The Morgan fingerprint density at radius 3 is 2.67 bits per heavy atom. The summed E-state index contributed by atoms with van der Waals surface area (Å²) in [6.45, 7) is 9.11. The third kappa shape index (κ3) is 5.36. The van der Waals surface area contributed by atoms with Crippen molar-refractivity contribution in [3.8, 4) is 0 Å². The molecule has 3 nitrogen and oxygen atoms in total. The highest BCUT2D eigenvalue weighted by molar-refractivity contribution is 8.00. The van der Waals surface area contributed by atoms with Gasteiger partial charge in [-0.15, -0.1) is 11.8 Å². The van der Waals surface area contributed by atoms with Crippen molar-refractivity contribution in [2.24, 2.45) is 0 Å². The third-order valence-corrected chi connectivity index (χ3v) is 4.80. The van der Waals surface area contributed by atoms with Crippen LogP contribution in [0.2, 0.25) is 0 Å². The van der Waals surface area contributed by atoms with Crippen LogP contribution in [0.1, 0.15) is 39.2 Å². The number of carbonyl (C=O) groups excluding carboxylic acids is 1. The van der Waals surface area contributed by atoms with Crippen molar-refractivity contribution < 1.29 is 9.53 Å². The Kier molecular flexibility index (Phi) is 7.26. The second kappa shape index (κ2) is 8.44. The molecule has 0 saturated carbocycles. The maximum Gasteiger partial charge on any atom is 0.325 e. The lowest BCUT2D eigenvalue weighted by atomic mass is 9.96. The maximum absolute atomic E-state index is 12.1. The van der Waals surface area contributed by atoms with Crippen LogP contribution in [0.15, 0.2) is 29.2 Å². The highest BCUT2D eigenvalue weighted by Gasteiger charge is 2.35. The molecule has 0 aromatic heterocycles. The van der Waals surface area contributed by atoms with Crippen LogP contribution in [0.25, 0.3) is 0 Å². The molecule has 0 aliphatic heterocycles. The lowest BCUT2D eigenvalue weighted by molar-refractivity contribution is -0.148. The summed E-state index contributed by atoms with van der Waals surface area (Å²) in [6.07, 6.45) is 1.73. The standard InChI is InChI=1S/C17H27NO2S/c1-6-11-18-17(4,16(19)20-5)12-14(3)21-15-10-8-7-9-13(15)2/h7-10,14,18H,6,11-12H2,1-5H3. The third-order valence-electron chi connectivity index (χ3n) is 3.52. The molecule has 0 radical (unpaired) electrons. The van der Waals surface area contributed by atoms with Crippen LogP contribution < -0.4 is 5.32 Å². The first-order valence-electron chi connectivity index (χ1n) is 7.48. The normalized spacial score (nSPS) is 15.3. The van der Waals surface area contributed by atoms with Gasteiger partial charge in [0.05, 0.1) is 7.11 Å². The molecular weight excluding hydrogens is 282 g/mol. The molecule has 2 atom stereocenters. The molecule has 1 aromatic carbocycles. The van der Waals surface area contributed by atoms with E-state index in [9.17, 15) is 4.79 Å². The van der Waals surface area contributed by atoms with Gasteiger partial charge in [-0.3, -0.25) is 4.79 Å². The minimum absolute atomic E-state index is 0.187. The van der Waals surface area contributed by atoms with Gasteiger partial charge in [-0.2, -0.15) is 0 Å². The average molecular weight is 309 g/mol. The number of nitrogens with one attached hydrogen (secondary N) is 1. The second-order valence-electron chi connectivity index (χ2n) is 5.65. The molecule has 2 unspecified atom stereocenters. The Hall–Kier alpha value is -1.00. The van der Waals surface area contributed by atoms with E-state index in [1.54, 1.807) is 0 Å². The number of ether oxygens (including phenoxy) is 1. The van der Waals surface area contributed by atoms with Gasteiger partial charge in [0.25, 0.3) is 0 Å². The zero-order chi connectivity index (χ0) is 15.9. The molecule has 4 heteroatoms. The van der Waals surface area contributed by atoms with Crippen LogP contribution >= 0.6 is 11.8 Å². The van der Waals surface area contributed by atoms with Crippen molar-refractivity contribution in [2.45, 2.75) is 56.2 Å². The van der Waals surface area contributed by atoms with E-state index >= 15 is 0 Å². The fourth-order valence-corrected chi connectivity index (χ4v) is 3.64. The number of benzene rings is 1. The Morgan fingerprint density at radius 2 is 2.10 bits per heavy atom. The average Bonchev–Trinajstić information content (AvgIpc) is 2.46. The van der Waals surface area contributed by atoms with Gasteiger partial charge in [0, 0.05) is 10.1 Å². The Balaban J connectivity index is 2.74. The van der Waals surface area contributed by atoms with Crippen LogP contribution in [0.4, 0.5) is 0 Å². The van der Waals surface area contributed by atoms with E-state index in [1.165, 1.54) is 17.6 Å². The number of esters is 1. The quantitative estimate of drug-likeness (QED) is 0.585. The van der Waals surface area contributed by atoms with Gasteiger partial charge >= 0.3 is 5.97 Å². The van der Waals surface area contributed by atoms with Crippen molar-refractivity contribution in [3.63, 3.8) is 0 Å². The molecule has 1 aromatic rings. The molecule has 0 saturated heterocycles. The number of hydrogen-bond donors (Lipinski definition) is 1. The Bertz CT molecular complexity index is 464. The van der Waals surface area contributed by atoms with E-state index in [4.69, 9.17) is 4.74 Å². The first-order valence-corrected chi connectivity index (χ1v) is 8.36. The molecule has 0 spiro atoms. The molecule has 0 fully saturated rings. The summed E-state index contributed by atoms with van der Waals surface area (Å²) >= 11 is 1.81. The molecule has 21 heavy (non-hydrogen) atoms. The smallest absolute Gasteiger partial charge is 0.325 e. The summed E-state index contributed by atoms with van der Waals surface area (Å²) < 4.78 is 4.98. The number of aryl methyl sites for hydroxylation is 1. The van der Waals surface area contributed by atoms with Crippen molar-refractivity contribution in [1.29, 1.82) is 0 Å². The topological polar surface area (TPSA) is 38.3 Å². The summed E-state index contributed by atoms with van der Waals surface area (Å²) in [5, 5.41) is 3.66. The molecule has 0 aliphatic carbocycles. The molecule has 0 heterocycles. The largest absolute Gasteiger partial charge is 0.468 e. The summed E-state index contributed by atoms with van der Waals surface area (Å²) in [6, 6.07) is 8.34. The summed E-state index contributed by atoms with van der Waals surface area (Å²) in [4.78, 5) is 13.4. The summed E-state index contributed by atoms with van der Waals surface area (Å²) in [7, 11) is 1.45. The fourth-order valence-electron chi connectivity index (χ4n) is 2.38. The SMILES string of the molecule is CCCNC(C)(CC(C)Sc1ccccc1C)C(=O)OC. The summed E-state index contributed by atoms with van der Waals surface area (Å²) in [5.41, 5.74) is 0.649. The van der Waals surface area contributed by atoms with Crippen molar-refractivity contribution in [3.05, 3.63) is 29.8 Å². The highest BCUT2D eigenvalue weighted by atomic mass is 32.2. The number of carbonyl (C=O) groups is 1. The molecule has 0 aliphatic rings. The van der Waals surface area contributed by atoms with Crippen LogP contribution in [0, 0.1) is 6.92 Å². The van der Waals surface area contributed by atoms with Gasteiger partial charge in [0.2, 0.25) is 0 Å². The maximum atomic E-state index is 12.1. The molecular formula is C17H27NO2S.